The van der Waals surface area contributed by atoms with Gasteiger partial charge in [-0.25, -0.2) is 0 Å². The summed E-state index contributed by atoms with van der Waals surface area (Å²) in [4.78, 5) is 0. The van der Waals surface area contributed by atoms with Gasteiger partial charge in [-0.1, -0.05) is 34.1 Å². The molecule has 0 aliphatic carbocycles. The van der Waals surface area contributed by atoms with E-state index in [1.807, 2.05) is 36.4 Å². The first-order chi connectivity index (χ1) is 8.38. The Labute approximate surface area is 107 Å². The number of benzene rings is 2. The third-order valence-electron chi connectivity index (χ3n) is 2.69. The Balaban J connectivity index is 2.16. The van der Waals surface area contributed by atoms with E-state index in [2.05, 4.69) is 22.0 Å². The number of para-hydroxylation sites is 1. The van der Waals surface area contributed by atoms with E-state index in [-0.39, 0.29) is 0 Å². The molecule has 0 amide bonds. The first-order valence-electron chi connectivity index (χ1n) is 5.48. The molecule has 0 spiro atoms. The van der Waals surface area contributed by atoms with E-state index >= 15 is 0 Å². The molecule has 0 bridgehead atoms. The molecule has 17 heavy (non-hydrogen) atoms. The van der Waals surface area contributed by atoms with Gasteiger partial charge in [-0.15, -0.1) is 0 Å². The molecule has 0 fully saturated rings. The van der Waals surface area contributed by atoms with Crippen LogP contribution in [0, 0.1) is 0 Å². The first-order valence-corrected chi connectivity index (χ1v) is 6.61. The quantitative estimate of drug-likeness (QED) is 0.669. The Morgan fingerprint density at radius 1 is 1.00 bits per heavy atom. The molecule has 0 radical (unpaired) electrons. The van der Waals surface area contributed by atoms with Crippen LogP contribution in [-0.4, -0.2) is 11.9 Å². The van der Waals surface area contributed by atoms with Crippen LogP contribution in [0.5, 0.6) is 5.75 Å². The van der Waals surface area contributed by atoms with Crippen molar-refractivity contribution >= 4 is 37.9 Å². The van der Waals surface area contributed by atoms with Crippen LogP contribution in [-0.2, 0) is 0 Å². The Kier molecular flexibility index (Phi) is 2.77. The number of furan rings is 1. The van der Waals surface area contributed by atoms with Crippen molar-refractivity contribution in [2.45, 2.75) is 0 Å². The fraction of sp³-hybridized carbons (Fsp3) is 0.143. The summed E-state index contributed by atoms with van der Waals surface area (Å²) in [5.74, 6) is 0.878. The lowest BCUT2D eigenvalue weighted by atomic mass is 10.1. The van der Waals surface area contributed by atoms with Crippen LogP contribution in [0.4, 0.5) is 0 Å². The third-order valence-corrected chi connectivity index (χ3v) is 3.02. The Morgan fingerprint density at radius 2 is 1.82 bits per heavy atom. The number of halogens is 1. The lowest BCUT2D eigenvalue weighted by molar-refractivity contribution is 0.345. The van der Waals surface area contributed by atoms with E-state index in [4.69, 9.17) is 9.15 Å². The highest BCUT2D eigenvalue weighted by molar-refractivity contribution is 9.09. The predicted octanol–water partition coefficient (Wildman–Crippen LogP) is 4.36. The van der Waals surface area contributed by atoms with Crippen molar-refractivity contribution in [3.05, 3.63) is 42.5 Å². The summed E-state index contributed by atoms with van der Waals surface area (Å²) in [6.45, 7) is 0.668. The molecule has 1 heterocycles. The third kappa shape index (κ3) is 1.91. The largest absolute Gasteiger partial charge is 0.493 e. The van der Waals surface area contributed by atoms with Crippen LogP contribution >= 0.6 is 15.9 Å². The highest BCUT2D eigenvalue weighted by Crippen LogP contribution is 2.31. The average molecular weight is 291 g/mol. The van der Waals surface area contributed by atoms with Gasteiger partial charge in [0, 0.05) is 16.1 Å². The van der Waals surface area contributed by atoms with Gasteiger partial charge in [0.15, 0.2) is 0 Å². The van der Waals surface area contributed by atoms with Crippen LogP contribution in [0.1, 0.15) is 0 Å². The molecule has 3 rings (SSSR count). The van der Waals surface area contributed by atoms with Gasteiger partial charge in [0.1, 0.15) is 16.9 Å². The van der Waals surface area contributed by atoms with Crippen LogP contribution in [0.2, 0.25) is 0 Å². The molecule has 0 aliphatic heterocycles. The molecule has 2 aromatic carbocycles. The molecule has 3 heteroatoms. The number of hydrogen-bond acceptors (Lipinski definition) is 2. The van der Waals surface area contributed by atoms with Gasteiger partial charge < -0.3 is 9.15 Å². The minimum Gasteiger partial charge on any atom is -0.493 e. The Morgan fingerprint density at radius 3 is 2.71 bits per heavy atom. The summed E-state index contributed by atoms with van der Waals surface area (Å²) < 4.78 is 11.3. The van der Waals surface area contributed by atoms with Gasteiger partial charge >= 0.3 is 0 Å². The first kappa shape index (κ1) is 10.7. The second-order valence-electron chi connectivity index (χ2n) is 3.79. The smallest absolute Gasteiger partial charge is 0.135 e. The lowest BCUT2D eigenvalue weighted by Crippen LogP contribution is -1.96. The SMILES string of the molecule is BrCCOc1ccc2oc3ccccc3c2c1. The minimum atomic E-state index is 0.668. The molecule has 3 aromatic rings. The summed E-state index contributed by atoms with van der Waals surface area (Å²) in [7, 11) is 0. The molecule has 0 unspecified atom stereocenters. The number of ether oxygens (including phenoxy) is 1. The molecule has 0 aliphatic rings. The van der Waals surface area contributed by atoms with E-state index in [1.54, 1.807) is 0 Å². The summed E-state index contributed by atoms with van der Waals surface area (Å²) in [5.41, 5.74) is 1.82. The number of alkyl halides is 1. The molecular weight excluding hydrogens is 280 g/mol. The second kappa shape index (κ2) is 4.41. The monoisotopic (exact) mass is 290 g/mol. The van der Waals surface area contributed by atoms with Crippen molar-refractivity contribution in [3.8, 4) is 5.75 Å². The molecule has 0 N–H and O–H groups in total. The molecule has 0 atom stereocenters. The second-order valence-corrected chi connectivity index (χ2v) is 4.59. The van der Waals surface area contributed by atoms with Crippen molar-refractivity contribution in [2.75, 3.05) is 11.9 Å². The summed E-state index contributed by atoms with van der Waals surface area (Å²) in [6, 6.07) is 14.0. The van der Waals surface area contributed by atoms with Crippen molar-refractivity contribution in [2.24, 2.45) is 0 Å². The summed E-state index contributed by atoms with van der Waals surface area (Å²) in [5, 5.41) is 3.07. The topological polar surface area (TPSA) is 22.4 Å². The van der Waals surface area contributed by atoms with Gasteiger partial charge in [0.05, 0.1) is 6.61 Å². The molecule has 1 aromatic heterocycles. The highest BCUT2D eigenvalue weighted by atomic mass is 79.9. The maximum absolute atomic E-state index is 5.75. The van der Waals surface area contributed by atoms with E-state index < -0.39 is 0 Å². The maximum Gasteiger partial charge on any atom is 0.135 e. The van der Waals surface area contributed by atoms with Crippen molar-refractivity contribution < 1.29 is 9.15 Å². The summed E-state index contributed by atoms with van der Waals surface area (Å²) >= 11 is 3.35. The average Bonchev–Trinajstić information content (AvgIpc) is 2.74. The van der Waals surface area contributed by atoms with Gasteiger partial charge in [0.2, 0.25) is 0 Å². The van der Waals surface area contributed by atoms with Crippen molar-refractivity contribution in [1.82, 2.24) is 0 Å². The van der Waals surface area contributed by atoms with Crippen molar-refractivity contribution in [1.29, 1.82) is 0 Å². The predicted molar refractivity (Wildman–Crippen MR) is 73.0 cm³/mol. The summed E-state index contributed by atoms with van der Waals surface area (Å²) in [6.07, 6.45) is 0. The number of hydrogen-bond donors (Lipinski definition) is 0. The minimum absolute atomic E-state index is 0.668. The fourth-order valence-electron chi connectivity index (χ4n) is 1.95. The molecule has 0 saturated heterocycles. The molecular formula is C14H11BrO2. The fourth-order valence-corrected chi connectivity index (χ4v) is 2.11. The maximum atomic E-state index is 5.75. The van der Waals surface area contributed by atoms with Crippen molar-refractivity contribution in [3.63, 3.8) is 0 Å². The highest BCUT2D eigenvalue weighted by Gasteiger charge is 2.06. The Bertz CT molecular complexity index is 657. The van der Waals surface area contributed by atoms with E-state index in [1.165, 1.54) is 0 Å². The lowest BCUT2D eigenvalue weighted by Gasteiger charge is -2.02. The van der Waals surface area contributed by atoms with Crippen LogP contribution < -0.4 is 4.74 Å². The number of fused-ring (bicyclic) bond motifs is 3. The van der Waals surface area contributed by atoms with Crippen LogP contribution in [0.3, 0.4) is 0 Å². The van der Waals surface area contributed by atoms with E-state index in [0.29, 0.717) is 6.61 Å². The number of rotatable bonds is 3. The Hall–Kier alpha value is -1.48. The van der Waals surface area contributed by atoms with Gasteiger partial charge in [-0.2, -0.15) is 0 Å². The molecule has 0 saturated carbocycles. The van der Waals surface area contributed by atoms with Crippen LogP contribution in [0.15, 0.2) is 46.9 Å². The van der Waals surface area contributed by atoms with Crippen LogP contribution in [0.25, 0.3) is 21.9 Å². The van der Waals surface area contributed by atoms with E-state index in [0.717, 1.165) is 33.0 Å². The molecule has 2 nitrogen and oxygen atoms in total. The van der Waals surface area contributed by atoms with Gasteiger partial charge in [-0.05, 0) is 24.3 Å². The zero-order chi connectivity index (χ0) is 11.7. The standard InChI is InChI=1S/C14H11BrO2/c15-7-8-16-10-5-6-14-12(9-10)11-3-1-2-4-13(11)17-14/h1-6,9H,7-8H2. The zero-order valence-corrected chi connectivity index (χ0v) is 10.7. The zero-order valence-electron chi connectivity index (χ0n) is 9.15. The van der Waals surface area contributed by atoms with Gasteiger partial charge in [-0.3, -0.25) is 0 Å². The normalized spacial score (nSPS) is 11.1. The van der Waals surface area contributed by atoms with E-state index in [9.17, 15) is 0 Å². The molecule has 86 valence electrons. The van der Waals surface area contributed by atoms with Gasteiger partial charge in [0.25, 0.3) is 0 Å².